The summed E-state index contributed by atoms with van der Waals surface area (Å²) in [5.74, 6) is -0.168. The highest BCUT2D eigenvalue weighted by atomic mass is 16.6. The summed E-state index contributed by atoms with van der Waals surface area (Å²) in [6.45, 7) is 1.38. The van der Waals surface area contributed by atoms with Gasteiger partial charge in [-0.15, -0.1) is 0 Å². The standard InChI is InChI=1S/C13H18O4/c1-8(14)17-11-7-9-5-3-4-6-10(9)12(11)13(15)16-2/h3-4,9-12H,5-7H2,1-2H3/t9-,10-,11+,12+/m0/s1. The summed E-state index contributed by atoms with van der Waals surface area (Å²) in [7, 11) is 1.39. The third-order valence-corrected chi connectivity index (χ3v) is 3.81. The van der Waals surface area contributed by atoms with Crippen LogP contribution in [0.1, 0.15) is 26.2 Å². The van der Waals surface area contributed by atoms with Crippen molar-refractivity contribution in [3.05, 3.63) is 12.2 Å². The summed E-state index contributed by atoms with van der Waals surface area (Å²) in [6, 6.07) is 0. The number of carbonyl (C=O) groups excluding carboxylic acids is 2. The van der Waals surface area contributed by atoms with Crippen LogP contribution in [0.5, 0.6) is 0 Å². The maximum absolute atomic E-state index is 11.8. The van der Waals surface area contributed by atoms with Crippen LogP contribution in [0, 0.1) is 17.8 Å². The number of esters is 2. The molecule has 0 aliphatic heterocycles. The van der Waals surface area contributed by atoms with Gasteiger partial charge in [-0.2, -0.15) is 0 Å². The Bertz CT molecular complexity index is 347. The van der Waals surface area contributed by atoms with E-state index in [1.165, 1.54) is 14.0 Å². The minimum Gasteiger partial charge on any atom is -0.469 e. The highest BCUT2D eigenvalue weighted by molar-refractivity contribution is 5.75. The van der Waals surface area contributed by atoms with Crippen LogP contribution in [-0.4, -0.2) is 25.2 Å². The SMILES string of the molecule is COC(=O)[C@@H]1[C@H]2CC=CC[C@H]2C[C@H]1OC(C)=O. The highest BCUT2D eigenvalue weighted by Crippen LogP contribution is 2.45. The Balaban J connectivity index is 2.16. The summed E-state index contributed by atoms with van der Waals surface area (Å²) >= 11 is 0. The topological polar surface area (TPSA) is 52.6 Å². The lowest BCUT2D eigenvalue weighted by Gasteiger charge is -2.25. The molecule has 0 unspecified atom stereocenters. The van der Waals surface area contributed by atoms with Crippen LogP contribution in [0.25, 0.3) is 0 Å². The molecule has 4 heteroatoms. The van der Waals surface area contributed by atoms with Crippen LogP contribution in [-0.2, 0) is 19.1 Å². The van der Waals surface area contributed by atoms with Gasteiger partial charge in [0.25, 0.3) is 0 Å². The predicted molar refractivity (Wildman–Crippen MR) is 61.0 cm³/mol. The molecule has 0 radical (unpaired) electrons. The lowest BCUT2D eigenvalue weighted by molar-refractivity contribution is -0.158. The minimum atomic E-state index is -0.324. The fourth-order valence-corrected chi connectivity index (χ4v) is 3.12. The zero-order valence-corrected chi connectivity index (χ0v) is 10.2. The Morgan fingerprint density at radius 2 is 1.94 bits per heavy atom. The maximum Gasteiger partial charge on any atom is 0.312 e. The van der Waals surface area contributed by atoms with Crippen molar-refractivity contribution < 1.29 is 19.1 Å². The van der Waals surface area contributed by atoms with Gasteiger partial charge in [0, 0.05) is 6.92 Å². The average molecular weight is 238 g/mol. The Morgan fingerprint density at radius 3 is 2.59 bits per heavy atom. The summed E-state index contributed by atoms with van der Waals surface area (Å²) < 4.78 is 10.1. The van der Waals surface area contributed by atoms with Crippen molar-refractivity contribution in [2.75, 3.05) is 7.11 Å². The molecule has 2 aliphatic rings. The molecule has 4 nitrogen and oxygen atoms in total. The van der Waals surface area contributed by atoms with Gasteiger partial charge in [-0.25, -0.2) is 0 Å². The predicted octanol–water partition coefficient (Wildman–Crippen LogP) is 1.69. The molecule has 4 atom stereocenters. The molecular weight excluding hydrogens is 220 g/mol. The third kappa shape index (κ3) is 2.35. The van der Waals surface area contributed by atoms with E-state index in [1.807, 2.05) is 0 Å². The van der Waals surface area contributed by atoms with Gasteiger partial charge in [0.05, 0.1) is 13.0 Å². The molecule has 0 aromatic rings. The molecule has 94 valence electrons. The van der Waals surface area contributed by atoms with Gasteiger partial charge < -0.3 is 9.47 Å². The molecule has 0 spiro atoms. The van der Waals surface area contributed by atoms with E-state index in [0.717, 1.165) is 19.3 Å². The van der Waals surface area contributed by atoms with Crippen LogP contribution < -0.4 is 0 Å². The molecule has 0 N–H and O–H groups in total. The molecule has 0 amide bonds. The molecular formula is C13H18O4. The second kappa shape index (κ2) is 4.90. The summed E-state index contributed by atoms with van der Waals surface area (Å²) in [5.41, 5.74) is 0. The van der Waals surface area contributed by atoms with Gasteiger partial charge in [-0.3, -0.25) is 9.59 Å². The summed E-state index contributed by atoms with van der Waals surface area (Å²) in [4.78, 5) is 22.9. The molecule has 0 heterocycles. The first-order valence-electron chi connectivity index (χ1n) is 6.03. The Kier molecular flexibility index (Phi) is 3.50. The number of methoxy groups -OCH3 is 1. The maximum atomic E-state index is 11.8. The largest absolute Gasteiger partial charge is 0.469 e. The van der Waals surface area contributed by atoms with Crippen LogP contribution in [0.3, 0.4) is 0 Å². The second-order valence-corrected chi connectivity index (χ2v) is 4.80. The van der Waals surface area contributed by atoms with E-state index in [4.69, 9.17) is 9.47 Å². The molecule has 2 aliphatic carbocycles. The molecule has 0 bridgehead atoms. The molecule has 17 heavy (non-hydrogen) atoms. The van der Waals surface area contributed by atoms with E-state index in [0.29, 0.717) is 5.92 Å². The van der Waals surface area contributed by atoms with E-state index in [-0.39, 0.29) is 29.9 Å². The number of carbonyl (C=O) groups is 2. The van der Waals surface area contributed by atoms with E-state index in [9.17, 15) is 9.59 Å². The number of ether oxygens (including phenoxy) is 2. The molecule has 0 aromatic carbocycles. The van der Waals surface area contributed by atoms with Crippen molar-refractivity contribution in [2.24, 2.45) is 17.8 Å². The highest BCUT2D eigenvalue weighted by Gasteiger charge is 2.49. The number of allylic oxidation sites excluding steroid dienone is 2. The monoisotopic (exact) mass is 238 g/mol. The number of rotatable bonds is 2. The van der Waals surface area contributed by atoms with E-state index >= 15 is 0 Å². The van der Waals surface area contributed by atoms with Crippen molar-refractivity contribution in [3.63, 3.8) is 0 Å². The zero-order chi connectivity index (χ0) is 12.4. The fraction of sp³-hybridized carbons (Fsp3) is 0.692. The van der Waals surface area contributed by atoms with Crippen molar-refractivity contribution >= 4 is 11.9 Å². The van der Waals surface area contributed by atoms with Gasteiger partial charge >= 0.3 is 11.9 Å². The van der Waals surface area contributed by atoms with Crippen LogP contribution >= 0.6 is 0 Å². The van der Waals surface area contributed by atoms with Gasteiger partial charge in [0.15, 0.2) is 0 Å². The molecule has 1 saturated carbocycles. The van der Waals surface area contributed by atoms with E-state index in [1.54, 1.807) is 0 Å². The third-order valence-electron chi connectivity index (χ3n) is 3.81. The number of fused-ring (bicyclic) bond motifs is 1. The quantitative estimate of drug-likeness (QED) is 0.542. The van der Waals surface area contributed by atoms with Crippen molar-refractivity contribution in [2.45, 2.75) is 32.3 Å². The van der Waals surface area contributed by atoms with Gasteiger partial charge in [-0.05, 0) is 31.1 Å². The number of hydrogen-bond acceptors (Lipinski definition) is 4. The van der Waals surface area contributed by atoms with Crippen LogP contribution in [0.15, 0.2) is 12.2 Å². The lowest BCUT2D eigenvalue weighted by atomic mass is 9.81. The first-order chi connectivity index (χ1) is 8.13. The van der Waals surface area contributed by atoms with Crippen molar-refractivity contribution in [1.29, 1.82) is 0 Å². The van der Waals surface area contributed by atoms with Crippen LogP contribution in [0.4, 0.5) is 0 Å². The lowest BCUT2D eigenvalue weighted by Crippen LogP contribution is -2.32. The molecule has 0 saturated heterocycles. The number of hydrogen-bond donors (Lipinski definition) is 0. The Morgan fingerprint density at radius 1 is 1.24 bits per heavy atom. The Labute approximate surface area is 101 Å². The zero-order valence-electron chi connectivity index (χ0n) is 10.2. The molecule has 2 rings (SSSR count). The average Bonchev–Trinajstić information content (AvgIpc) is 2.65. The van der Waals surface area contributed by atoms with Gasteiger partial charge in [0.2, 0.25) is 0 Å². The van der Waals surface area contributed by atoms with E-state index in [2.05, 4.69) is 12.2 Å². The van der Waals surface area contributed by atoms with Crippen LogP contribution in [0.2, 0.25) is 0 Å². The molecule has 0 aromatic heterocycles. The first-order valence-corrected chi connectivity index (χ1v) is 6.03. The molecule has 1 fully saturated rings. The van der Waals surface area contributed by atoms with Gasteiger partial charge in [0.1, 0.15) is 6.10 Å². The summed E-state index contributed by atoms with van der Waals surface area (Å²) in [6.07, 6.45) is 6.56. The van der Waals surface area contributed by atoms with E-state index < -0.39 is 0 Å². The minimum absolute atomic E-state index is 0.251. The Hall–Kier alpha value is -1.32. The summed E-state index contributed by atoms with van der Waals surface area (Å²) in [5, 5.41) is 0. The smallest absolute Gasteiger partial charge is 0.312 e. The normalized spacial score (nSPS) is 35.2. The first kappa shape index (κ1) is 12.1. The van der Waals surface area contributed by atoms with Crippen molar-refractivity contribution in [1.82, 2.24) is 0 Å². The second-order valence-electron chi connectivity index (χ2n) is 4.80. The fourth-order valence-electron chi connectivity index (χ4n) is 3.12. The van der Waals surface area contributed by atoms with Gasteiger partial charge in [-0.1, -0.05) is 12.2 Å². The van der Waals surface area contributed by atoms with Crippen molar-refractivity contribution in [3.8, 4) is 0 Å².